The molecule has 2 aromatic carbocycles. The molecule has 0 atom stereocenters. The first-order valence-corrected chi connectivity index (χ1v) is 9.78. The Kier molecular flexibility index (Phi) is 6.90. The van der Waals surface area contributed by atoms with Gasteiger partial charge in [0, 0.05) is 55.7 Å². The Hall–Kier alpha value is -2.57. The number of halogens is 1. The molecule has 0 aromatic heterocycles. The van der Waals surface area contributed by atoms with E-state index in [1.807, 2.05) is 43.3 Å². The third kappa shape index (κ3) is 5.71. The predicted octanol–water partition coefficient (Wildman–Crippen LogP) is 2.53. The summed E-state index contributed by atoms with van der Waals surface area (Å²) >= 11 is 5.94. The van der Waals surface area contributed by atoms with E-state index in [1.165, 1.54) is 5.69 Å². The van der Waals surface area contributed by atoms with Gasteiger partial charge in [-0.2, -0.15) is 0 Å². The van der Waals surface area contributed by atoms with Crippen molar-refractivity contribution in [2.45, 2.75) is 6.92 Å². The van der Waals surface area contributed by atoms with Crippen LogP contribution in [0, 0.1) is 6.92 Å². The van der Waals surface area contributed by atoms with Gasteiger partial charge in [-0.1, -0.05) is 29.3 Å². The van der Waals surface area contributed by atoms with Crippen LogP contribution in [0.3, 0.4) is 0 Å². The summed E-state index contributed by atoms with van der Waals surface area (Å²) in [5.41, 5.74) is 2.88. The molecule has 7 heteroatoms. The monoisotopic (exact) mass is 400 g/mol. The van der Waals surface area contributed by atoms with Crippen molar-refractivity contribution in [3.8, 4) is 0 Å². The second-order valence-corrected chi connectivity index (χ2v) is 7.32. The summed E-state index contributed by atoms with van der Waals surface area (Å²) in [6, 6.07) is 15.2. The van der Waals surface area contributed by atoms with Crippen molar-refractivity contribution in [3.63, 3.8) is 0 Å². The van der Waals surface area contributed by atoms with Crippen LogP contribution in [0.2, 0.25) is 5.02 Å². The molecule has 2 amide bonds. The molecule has 3 rings (SSSR count). The number of benzene rings is 2. The van der Waals surface area contributed by atoms with Gasteiger partial charge in [0.05, 0.1) is 0 Å². The van der Waals surface area contributed by atoms with Crippen LogP contribution >= 0.6 is 11.6 Å². The van der Waals surface area contributed by atoms with E-state index in [-0.39, 0.29) is 0 Å². The van der Waals surface area contributed by atoms with E-state index in [0.717, 1.165) is 43.3 Å². The number of piperazine rings is 1. The van der Waals surface area contributed by atoms with Crippen molar-refractivity contribution in [1.82, 2.24) is 10.2 Å². The maximum Gasteiger partial charge on any atom is 0.313 e. The fraction of sp³-hybridized carbons (Fsp3) is 0.333. The van der Waals surface area contributed by atoms with Gasteiger partial charge in [-0.05, 0) is 43.3 Å². The molecule has 1 fully saturated rings. The van der Waals surface area contributed by atoms with Crippen LogP contribution in [-0.2, 0) is 9.59 Å². The summed E-state index contributed by atoms with van der Waals surface area (Å²) in [5.74, 6) is -1.25. The molecular weight excluding hydrogens is 376 g/mol. The molecular formula is C21H25ClN4O2. The molecule has 28 heavy (non-hydrogen) atoms. The van der Waals surface area contributed by atoms with Crippen LogP contribution in [-0.4, -0.2) is 56.0 Å². The first-order valence-electron chi connectivity index (χ1n) is 9.40. The number of hydrogen-bond donors (Lipinski definition) is 2. The van der Waals surface area contributed by atoms with Gasteiger partial charge in [-0.3, -0.25) is 14.5 Å². The average Bonchev–Trinajstić information content (AvgIpc) is 2.71. The third-order valence-electron chi connectivity index (χ3n) is 4.79. The highest BCUT2D eigenvalue weighted by molar-refractivity contribution is 6.39. The highest BCUT2D eigenvalue weighted by atomic mass is 35.5. The number of anilines is 2. The van der Waals surface area contributed by atoms with Gasteiger partial charge < -0.3 is 15.5 Å². The van der Waals surface area contributed by atoms with Crippen molar-refractivity contribution < 1.29 is 9.59 Å². The summed E-state index contributed by atoms with van der Waals surface area (Å²) in [4.78, 5) is 28.5. The largest absolute Gasteiger partial charge is 0.369 e. The van der Waals surface area contributed by atoms with Crippen LogP contribution in [0.15, 0.2) is 48.5 Å². The maximum absolute atomic E-state index is 12.0. The third-order valence-corrected chi connectivity index (χ3v) is 5.05. The van der Waals surface area contributed by atoms with Crippen molar-refractivity contribution in [2.75, 3.05) is 49.5 Å². The van der Waals surface area contributed by atoms with Crippen molar-refractivity contribution in [3.05, 3.63) is 59.1 Å². The van der Waals surface area contributed by atoms with Crippen molar-refractivity contribution >= 4 is 34.8 Å². The zero-order chi connectivity index (χ0) is 19.9. The van der Waals surface area contributed by atoms with Crippen LogP contribution in [0.4, 0.5) is 11.4 Å². The highest BCUT2D eigenvalue weighted by Gasteiger charge is 2.18. The minimum atomic E-state index is -0.642. The second-order valence-electron chi connectivity index (χ2n) is 6.88. The van der Waals surface area contributed by atoms with Gasteiger partial charge in [0.25, 0.3) is 0 Å². The molecule has 0 spiro atoms. The molecule has 0 unspecified atom stereocenters. The van der Waals surface area contributed by atoms with Crippen LogP contribution in [0.25, 0.3) is 0 Å². The summed E-state index contributed by atoms with van der Waals surface area (Å²) in [6.45, 7) is 6.79. The number of carbonyl (C=O) groups excluding carboxylic acids is 2. The standard InChI is InChI=1S/C21H25ClN4O2/c1-16-2-6-18(7-3-16)24-21(28)20(27)23-10-11-25-12-14-26(15-13-25)19-8-4-17(22)5-9-19/h2-9H,10-15H2,1H3,(H,23,27)(H,24,28). The summed E-state index contributed by atoms with van der Waals surface area (Å²) < 4.78 is 0. The van der Waals surface area contributed by atoms with Gasteiger partial charge in [0.2, 0.25) is 0 Å². The van der Waals surface area contributed by atoms with E-state index in [4.69, 9.17) is 11.6 Å². The number of nitrogens with one attached hydrogen (secondary N) is 2. The average molecular weight is 401 g/mol. The number of carbonyl (C=O) groups is 2. The lowest BCUT2D eigenvalue weighted by atomic mass is 10.2. The van der Waals surface area contributed by atoms with Gasteiger partial charge >= 0.3 is 11.8 Å². The number of hydrogen-bond acceptors (Lipinski definition) is 4. The number of rotatable bonds is 5. The molecule has 0 aliphatic carbocycles. The molecule has 2 N–H and O–H groups in total. The minimum Gasteiger partial charge on any atom is -0.369 e. The molecule has 1 heterocycles. The molecule has 2 aromatic rings. The van der Waals surface area contributed by atoms with Gasteiger partial charge in [0.15, 0.2) is 0 Å². The maximum atomic E-state index is 12.0. The normalized spacial score (nSPS) is 14.6. The lowest BCUT2D eigenvalue weighted by Gasteiger charge is -2.36. The minimum absolute atomic E-state index is 0.446. The molecule has 1 aliphatic rings. The molecule has 0 radical (unpaired) electrons. The SMILES string of the molecule is Cc1ccc(NC(=O)C(=O)NCCN2CCN(c3ccc(Cl)cc3)CC2)cc1. The second kappa shape index (κ2) is 9.57. The quantitative estimate of drug-likeness (QED) is 0.757. The number of aryl methyl sites for hydroxylation is 1. The molecule has 1 saturated heterocycles. The van der Waals surface area contributed by atoms with E-state index in [0.29, 0.717) is 12.2 Å². The fourth-order valence-electron chi connectivity index (χ4n) is 3.11. The van der Waals surface area contributed by atoms with Gasteiger partial charge in [0.1, 0.15) is 0 Å². The van der Waals surface area contributed by atoms with Crippen LogP contribution in [0.5, 0.6) is 0 Å². The molecule has 0 bridgehead atoms. The van der Waals surface area contributed by atoms with E-state index >= 15 is 0 Å². The summed E-state index contributed by atoms with van der Waals surface area (Å²) in [7, 11) is 0. The summed E-state index contributed by atoms with van der Waals surface area (Å²) in [6.07, 6.45) is 0. The fourth-order valence-corrected chi connectivity index (χ4v) is 3.24. The Morgan fingerprint density at radius 2 is 1.57 bits per heavy atom. The zero-order valence-corrected chi connectivity index (χ0v) is 16.7. The Morgan fingerprint density at radius 1 is 0.929 bits per heavy atom. The van der Waals surface area contributed by atoms with E-state index in [2.05, 4.69) is 20.4 Å². The number of nitrogens with zero attached hydrogens (tertiary/aromatic N) is 2. The van der Waals surface area contributed by atoms with Gasteiger partial charge in [-0.15, -0.1) is 0 Å². The van der Waals surface area contributed by atoms with E-state index < -0.39 is 11.8 Å². The topological polar surface area (TPSA) is 64.7 Å². The summed E-state index contributed by atoms with van der Waals surface area (Å²) in [5, 5.41) is 6.03. The first kappa shape index (κ1) is 20.2. The Bertz CT molecular complexity index is 800. The van der Waals surface area contributed by atoms with Gasteiger partial charge in [-0.25, -0.2) is 0 Å². The van der Waals surface area contributed by atoms with Crippen LogP contribution < -0.4 is 15.5 Å². The highest BCUT2D eigenvalue weighted by Crippen LogP contribution is 2.19. The smallest absolute Gasteiger partial charge is 0.313 e. The number of amides is 2. The predicted molar refractivity (Wildman–Crippen MR) is 113 cm³/mol. The first-order chi connectivity index (χ1) is 13.5. The Balaban J connectivity index is 1.36. The van der Waals surface area contributed by atoms with Crippen molar-refractivity contribution in [2.24, 2.45) is 0 Å². The molecule has 0 saturated carbocycles. The molecule has 148 valence electrons. The van der Waals surface area contributed by atoms with E-state index in [1.54, 1.807) is 12.1 Å². The molecule has 1 aliphatic heterocycles. The Labute approximate surface area is 170 Å². The lowest BCUT2D eigenvalue weighted by molar-refractivity contribution is -0.136. The Morgan fingerprint density at radius 3 is 2.21 bits per heavy atom. The lowest BCUT2D eigenvalue weighted by Crippen LogP contribution is -2.49. The van der Waals surface area contributed by atoms with E-state index in [9.17, 15) is 9.59 Å². The molecule has 6 nitrogen and oxygen atoms in total. The zero-order valence-electron chi connectivity index (χ0n) is 16.0. The van der Waals surface area contributed by atoms with Crippen molar-refractivity contribution in [1.29, 1.82) is 0 Å². The van der Waals surface area contributed by atoms with Crippen LogP contribution in [0.1, 0.15) is 5.56 Å².